The number of hydrogen-bond donors (Lipinski definition) is 1. The Kier molecular flexibility index (Phi) is 5.13. The molecule has 1 aromatic rings. The molecule has 100 valence electrons. The molecule has 0 heterocycles. The van der Waals surface area contributed by atoms with E-state index in [1.165, 1.54) is 0 Å². The number of nitrogens with one attached hydrogen (secondary N) is 1. The smallest absolute Gasteiger partial charge is 0.292 e. The molecule has 1 unspecified atom stereocenters. The monoisotopic (exact) mass is 250 g/mol. The van der Waals surface area contributed by atoms with Crippen molar-refractivity contribution in [3.8, 4) is 0 Å². The van der Waals surface area contributed by atoms with Crippen molar-refractivity contribution < 1.29 is 4.92 Å². The molecule has 0 spiro atoms. The Morgan fingerprint density at radius 3 is 2.44 bits per heavy atom. The molecule has 0 aliphatic carbocycles. The van der Waals surface area contributed by atoms with E-state index in [9.17, 15) is 10.1 Å². The van der Waals surface area contributed by atoms with Crippen LogP contribution in [0.25, 0.3) is 0 Å². The van der Waals surface area contributed by atoms with Gasteiger partial charge >= 0.3 is 0 Å². The van der Waals surface area contributed by atoms with Gasteiger partial charge in [0.1, 0.15) is 5.69 Å². The van der Waals surface area contributed by atoms with Crippen molar-refractivity contribution in [2.45, 2.75) is 46.6 Å². The lowest BCUT2D eigenvalue weighted by molar-refractivity contribution is -0.384. The van der Waals surface area contributed by atoms with Crippen molar-refractivity contribution >= 4 is 11.4 Å². The van der Waals surface area contributed by atoms with Gasteiger partial charge in [-0.3, -0.25) is 10.1 Å². The number of para-hydroxylation sites is 1. The maximum absolute atomic E-state index is 11.0. The zero-order valence-electron chi connectivity index (χ0n) is 11.6. The van der Waals surface area contributed by atoms with E-state index >= 15 is 0 Å². The predicted molar refractivity (Wildman–Crippen MR) is 75.0 cm³/mol. The van der Waals surface area contributed by atoms with Gasteiger partial charge < -0.3 is 5.32 Å². The Morgan fingerprint density at radius 2 is 1.94 bits per heavy atom. The largest absolute Gasteiger partial charge is 0.377 e. The van der Waals surface area contributed by atoms with Crippen LogP contribution in [0, 0.1) is 23.0 Å². The molecule has 0 amide bonds. The van der Waals surface area contributed by atoms with Crippen LogP contribution in [0.15, 0.2) is 18.2 Å². The van der Waals surface area contributed by atoms with E-state index in [-0.39, 0.29) is 16.7 Å². The van der Waals surface area contributed by atoms with E-state index in [1.54, 1.807) is 12.1 Å². The summed E-state index contributed by atoms with van der Waals surface area (Å²) in [6.45, 7) is 8.29. The van der Waals surface area contributed by atoms with Gasteiger partial charge in [0.05, 0.1) is 4.92 Å². The molecule has 0 aliphatic rings. The number of anilines is 1. The lowest BCUT2D eigenvalue weighted by Crippen LogP contribution is -2.25. The first-order chi connectivity index (χ1) is 8.51. The van der Waals surface area contributed by atoms with Gasteiger partial charge in [-0.1, -0.05) is 38.8 Å². The normalized spacial score (nSPS) is 12.5. The van der Waals surface area contributed by atoms with Gasteiger partial charge in [0.15, 0.2) is 0 Å². The predicted octanol–water partition coefficient (Wildman–Crippen LogP) is 4.14. The van der Waals surface area contributed by atoms with Crippen molar-refractivity contribution in [2.24, 2.45) is 5.92 Å². The minimum absolute atomic E-state index is 0.160. The number of nitro groups is 1. The van der Waals surface area contributed by atoms with E-state index in [1.807, 2.05) is 13.0 Å². The van der Waals surface area contributed by atoms with E-state index in [2.05, 4.69) is 26.1 Å². The van der Waals surface area contributed by atoms with E-state index in [4.69, 9.17) is 0 Å². The minimum Gasteiger partial charge on any atom is -0.377 e. The lowest BCUT2D eigenvalue weighted by atomic mass is 9.95. The Balaban J connectivity index is 2.99. The molecule has 0 aliphatic heterocycles. The van der Waals surface area contributed by atoms with Crippen molar-refractivity contribution in [2.75, 3.05) is 5.32 Å². The second-order valence-electron chi connectivity index (χ2n) is 4.74. The first-order valence-corrected chi connectivity index (χ1v) is 6.51. The molecule has 0 bridgehead atoms. The SMILES string of the molecule is CCC(CC)C(C)Nc1c(C)cccc1[N+](=O)[O-]. The zero-order chi connectivity index (χ0) is 13.7. The van der Waals surface area contributed by atoms with Crippen LogP contribution in [0.2, 0.25) is 0 Å². The molecule has 18 heavy (non-hydrogen) atoms. The van der Waals surface area contributed by atoms with Crippen molar-refractivity contribution in [1.82, 2.24) is 0 Å². The third-order valence-electron chi connectivity index (χ3n) is 3.58. The third-order valence-corrected chi connectivity index (χ3v) is 3.58. The van der Waals surface area contributed by atoms with Crippen LogP contribution in [-0.2, 0) is 0 Å². The van der Waals surface area contributed by atoms with Gasteiger partial charge in [-0.05, 0) is 25.3 Å². The average Bonchev–Trinajstić information content (AvgIpc) is 2.33. The van der Waals surface area contributed by atoms with Gasteiger partial charge in [0.2, 0.25) is 0 Å². The Hall–Kier alpha value is -1.58. The zero-order valence-corrected chi connectivity index (χ0v) is 11.6. The first-order valence-electron chi connectivity index (χ1n) is 6.51. The number of nitro benzene ring substituents is 1. The van der Waals surface area contributed by atoms with Crippen LogP contribution in [0.5, 0.6) is 0 Å². The number of rotatable bonds is 6. The molecule has 1 aromatic carbocycles. The molecular formula is C14H22N2O2. The van der Waals surface area contributed by atoms with Crippen LogP contribution < -0.4 is 5.32 Å². The fourth-order valence-corrected chi connectivity index (χ4v) is 2.33. The summed E-state index contributed by atoms with van der Waals surface area (Å²) in [7, 11) is 0. The Morgan fingerprint density at radius 1 is 1.33 bits per heavy atom. The number of nitrogens with zero attached hydrogens (tertiary/aromatic N) is 1. The van der Waals surface area contributed by atoms with E-state index < -0.39 is 0 Å². The highest BCUT2D eigenvalue weighted by atomic mass is 16.6. The summed E-state index contributed by atoms with van der Waals surface area (Å²) in [6.07, 6.45) is 2.15. The summed E-state index contributed by atoms with van der Waals surface area (Å²) in [4.78, 5) is 10.7. The highest BCUT2D eigenvalue weighted by Gasteiger charge is 2.20. The fourth-order valence-electron chi connectivity index (χ4n) is 2.33. The molecule has 0 fully saturated rings. The lowest BCUT2D eigenvalue weighted by Gasteiger charge is -2.24. The van der Waals surface area contributed by atoms with Crippen molar-refractivity contribution in [3.05, 3.63) is 33.9 Å². The molecule has 0 aromatic heterocycles. The first kappa shape index (κ1) is 14.5. The molecule has 1 rings (SSSR count). The van der Waals surface area contributed by atoms with E-state index in [0.717, 1.165) is 18.4 Å². The maximum Gasteiger partial charge on any atom is 0.292 e. The molecule has 4 heteroatoms. The molecular weight excluding hydrogens is 228 g/mol. The molecule has 4 nitrogen and oxygen atoms in total. The van der Waals surface area contributed by atoms with Gasteiger partial charge in [0, 0.05) is 12.1 Å². The maximum atomic E-state index is 11.0. The molecule has 0 saturated carbocycles. The summed E-state index contributed by atoms with van der Waals surface area (Å²) >= 11 is 0. The summed E-state index contributed by atoms with van der Waals surface area (Å²) in [5.74, 6) is 0.532. The average molecular weight is 250 g/mol. The number of benzene rings is 1. The van der Waals surface area contributed by atoms with Crippen LogP contribution in [0.4, 0.5) is 11.4 Å². The second kappa shape index (κ2) is 6.38. The molecule has 1 N–H and O–H groups in total. The van der Waals surface area contributed by atoms with Crippen molar-refractivity contribution in [3.63, 3.8) is 0 Å². The summed E-state index contributed by atoms with van der Waals surface area (Å²) < 4.78 is 0. The highest BCUT2D eigenvalue weighted by Crippen LogP contribution is 2.29. The van der Waals surface area contributed by atoms with E-state index in [0.29, 0.717) is 11.6 Å². The van der Waals surface area contributed by atoms with Gasteiger partial charge in [-0.15, -0.1) is 0 Å². The van der Waals surface area contributed by atoms with Gasteiger partial charge in [-0.2, -0.15) is 0 Å². The van der Waals surface area contributed by atoms with Crippen molar-refractivity contribution in [1.29, 1.82) is 0 Å². The Bertz CT molecular complexity index is 414. The van der Waals surface area contributed by atoms with Crippen LogP contribution in [-0.4, -0.2) is 11.0 Å². The quantitative estimate of drug-likeness (QED) is 0.609. The van der Waals surface area contributed by atoms with Gasteiger partial charge in [-0.25, -0.2) is 0 Å². The second-order valence-corrected chi connectivity index (χ2v) is 4.74. The molecule has 1 atom stereocenters. The number of hydrogen-bond acceptors (Lipinski definition) is 3. The summed E-state index contributed by atoms with van der Waals surface area (Å²) in [5, 5.41) is 14.4. The van der Waals surface area contributed by atoms with Crippen LogP contribution >= 0.6 is 0 Å². The molecule has 0 radical (unpaired) electrons. The number of aryl methyl sites for hydroxylation is 1. The Labute approximate surface area is 109 Å². The third kappa shape index (κ3) is 3.22. The highest BCUT2D eigenvalue weighted by molar-refractivity contribution is 5.66. The minimum atomic E-state index is -0.324. The standard InChI is InChI=1S/C14H22N2O2/c1-5-12(6-2)11(4)15-14-10(3)8-7-9-13(14)16(17)18/h7-9,11-12,15H,5-6H2,1-4H3. The molecule has 0 saturated heterocycles. The summed E-state index contributed by atoms with van der Waals surface area (Å²) in [5.41, 5.74) is 1.73. The summed E-state index contributed by atoms with van der Waals surface area (Å²) in [6, 6.07) is 5.41. The van der Waals surface area contributed by atoms with Gasteiger partial charge in [0.25, 0.3) is 5.69 Å². The van der Waals surface area contributed by atoms with Crippen LogP contribution in [0.3, 0.4) is 0 Å². The topological polar surface area (TPSA) is 55.2 Å². The van der Waals surface area contributed by atoms with Crippen LogP contribution in [0.1, 0.15) is 39.2 Å². The fraction of sp³-hybridized carbons (Fsp3) is 0.571.